The molecule has 22 heavy (non-hydrogen) atoms. The smallest absolute Gasteiger partial charge is 0.212 e. The number of aryl methyl sites for hydroxylation is 1. The van der Waals surface area contributed by atoms with Crippen molar-refractivity contribution in [2.75, 3.05) is 0 Å². The summed E-state index contributed by atoms with van der Waals surface area (Å²) in [6, 6.07) is 13.3. The molecule has 0 fully saturated rings. The van der Waals surface area contributed by atoms with E-state index in [2.05, 4.69) is 10.8 Å². The predicted molar refractivity (Wildman–Crippen MR) is 84.3 cm³/mol. The molecule has 0 aliphatic heterocycles. The predicted octanol–water partition coefficient (Wildman–Crippen LogP) is 3.32. The first-order valence-corrected chi connectivity index (χ1v) is 9.01. The van der Waals surface area contributed by atoms with E-state index < -0.39 is 10.0 Å². The number of hydrogen-bond acceptors (Lipinski definition) is 2. The largest absolute Gasteiger partial charge is 0.216 e. The highest BCUT2D eigenvalue weighted by atomic mass is 32.2. The van der Waals surface area contributed by atoms with Crippen molar-refractivity contribution >= 4 is 10.0 Å². The van der Waals surface area contributed by atoms with Crippen LogP contribution >= 0.6 is 0 Å². The molecule has 2 aromatic rings. The summed E-state index contributed by atoms with van der Waals surface area (Å²) in [5.41, 5.74) is 2.86. The van der Waals surface area contributed by atoms with Gasteiger partial charge in [0.25, 0.3) is 0 Å². The van der Waals surface area contributed by atoms with E-state index in [-0.39, 0.29) is 17.6 Å². The molecule has 0 aromatic heterocycles. The van der Waals surface area contributed by atoms with Crippen molar-refractivity contribution in [3.05, 3.63) is 71.0 Å². The van der Waals surface area contributed by atoms with E-state index in [0.29, 0.717) is 5.56 Å². The van der Waals surface area contributed by atoms with Gasteiger partial charge in [-0.05, 0) is 48.1 Å². The second-order valence-corrected chi connectivity index (χ2v) is 7.40. The minimum atomic E-state index is -3.46. The first kappa shape index (κ1) is 15.2. The van der Waals surface area contributed by atoms with E-state index in [0.717, 1.165) is 24.8 Å². The second-order valence-electron chi connectivity index (χ2n) is 5.65. The van der Waals surface area contributed by atoms with Crippen LogP contribution < -0.4 is 4.72 Å². The Hall–Kier alpha value is -1.72. The quantitative estimate of drug-likeness (QED) is 0.939. The molecule has 3 rings (SSSR count). The molecule has 116 valence electrons. The highest BCUT2D eigenvalue weighted by Crippen LogP contribution is 2.30. The Morgan fingerprint density at radius 1 is 1.09 bits per heavy atom. The van der Waals surface area contributed by atoms with Gasteiger partial charge in [0.05, 0.1) is 5.75 Å². The fourth-order valence-corrected chi connectivity index (χ4v) is 4.33. The van der Waals surface area contributed by atoms with Crippen LogP contribution in [0.4, 0.5) is 4.39 Å². The van der Waals surface area contributed by atoms with E-state index in [1.807, 2.05) is 18.2 Å². The van der Waals surface area contributed by atoms with Crippen molar-refractivity contribution in [2.24, 2.45) is 0 Å². The Morgan fingerprint density at radius 3 is 2.59 bits per heavy atom. The Bertz CT molecular complexity index is 756. The molecule has 1 N–H and O–H groups in total. The normalized spacial score (nSPS) is 18.0. The summed E-state index contributed by atoms with van der Waals surface area (Å²) >= 11 is 0. The van der Waals surface area contributed by atoms with Crippen LogP contribution in [-0.2, 0) is 22.2 Å². The van der Waals surface area contributed by atoms with Gasteiger partial charge in [-0.25, -0.2) is 17.5 Å². The topological polar surface area (TPSA) is 46.2 Å². The SMILES string of the molecule is O=S(=O)(Cc1ccc(F)cc1)N[C@@H]1CCCc2ccccc21. The van der Waals surface area contributed by atoms with Gasteiger partial charge in [-0.2, -0.15) is 0 Å². The lowest BCUT2D eigenvalue weighted by Gasteiger charge is -2.26. The average Bonchev–Trinajstić information content (AvgIpc) is 2.49. The van der Waals surface area contributed by atoms with Gasteiger partial charge in [0.2, 0.25) is 10.0 Å². The van der Waals surface area contributed by atoms with Crippen LogP contribution in [0, 0.1) is 5.82 Å². The van der Waals surface area contributed by atoms with Crippen LogP contribution in [0.15, 0.2) is 48.5 Å². The Morgan fingerprint density at radius 2 is 1.82 bits per heavy atom. The second kappa shape index (κ2) is 6.18. The molecule has 1 aliphatic rings. The standard InChI is InChI=1S/C17H18FNO2S/c18-15-10-8-13(9-11-15)12-22(20,21)19-17-7-3-5-14-4-1-2-6-16(14)17/h1-2,4,6,8-11,17,19H,3,5,7,12H2/t17-/m1/s1. The molecule has 0 spiro atoms. The zero-order chi connectivity index (χ0) is 15.6. The molecule has 3 nitrogen and oxygen atoms in total. The lowest BCUT2D eigenvalue weighted by molar-refractivity contribution is 0.507. The molecular weight excluding hydrogens is 301 g/mol. The first-order valence-electron chi connectivity index (χ1n) is 7.36. The Balaban J connectivity index is 1.76. The van der Waals surface area contributed by atoms with Crippen molar-refractivity contribution in [1.82, 2.24) is 4.72 Å². The molecule has 0 heterocycles. The number of hydrogen-bond donors (Lipinski definition) is 1. The van der Waals surface area contributed by atoms with Crippen LogP contribution in [0.3, 0.4) is 0 Å². The number of fused-ring (bicyclic) bond motifs is 1. The van der Waals surface area contributed by atoms with Gasteiger partial charge < -0.3 is 0 Å². The number of rotatable bonds is 4. The summed E-state index contributed by atoms with van der Waals surface area (Å²) in [5, 5.41) is 0. The van der Waals surface area contributed by atoms with Crippen LogP contribution in [0.5, 0.6) is 0 Å². The molecule has 0 saturated heterocycles. The fraction of sp³-hybridized carbons (Fsp3) is 0.294. The van der Waals surface area contributed by atoms with E-state index >= 15 is 0 Å². The molecule has 0 radical (unpaired) electrons. The third-order valence-electron chi connectivity index (χ3n) is 3.96. The third kappa shape index (κ3) is 3.54. The van der Waals surface area contributed by atoms with Crippen molar-refractivity contribution in [1.29, 1.82) is 0 Å². The van der Waals surface area contributed by atoms with Crippen LogP contribution in [0.2, 0.25) is 0 Å². The number of benzene rings is 2. The lowest BCUT2D eigenvalue weighted by Crippen LogP contribution is -2.31. The molecule has 1 atom stereocenters. The van der Waals surface area contributed by atoms with E-state index in [4.69, 9.17) is 0 Å². The minimum Gasteiger partial charge on any atom is -0.212 e. The number of halogens is 1. The third-order valence-corrected chi connectivity index (χ3v) is 5.32. The molecule has 0 saturated carbocycles. The molecule has 1 aliphatic carbocycles. The maximum Gasteiger partial charge on any atom is 0.216 e. The zero-order valence-electron chi connectivity index (χ0n) is 12.1. The molecular formula is C17H18FNO2S. The van der Waals surface area contributed by atoms with E-state index in [9.17, 15) is 12.8 Å². The molecule has 5 heteroatoms. The maximum atomic E-state index is 12.9. The zero-order valence-corrected chi connectivity index (χ0v) is 12.9. The summed E-state index contributed by atoms with van der Waals surface area (Å²) in [6.07, 6.45) is 2.77. The van der Waals surface area contributed by atoms with Gasteiger partial charge in [-0.1, -0.05) is 36.4 Å². The van der Waals surface area contributed by atoms with Crippen LogP contribution in [0.1, 0.15) is 35.6 Å². The van der Waals surface area contributed by atoms with Crippen LogP contribution in [0.25, 0.3) is 0 Å². The van der Waals surface area contributed by atoms with Crippen molar-refractivity contribution in [3.8, 4) is 0 Å². The number of nitrogens with one attached hydrogen (secondary N) is 1. The summed E-state index contributed by atoms with van der Waals surface area (Å²) in [6.45, 7) is 0. The van der Waals surface area contributed by atoms with Crippen molar-refractivity contribution < 1.29 is 12.8 Å². The number of sulfonamides is 1. The summed E-state index contributed by atoms with van der Waals surface area (Å²) in [4.78, 5) is 0. The average molecular weight is 319 g/mol. The first-order chi connectivity index (χ1) is 10.5. The summed E-state index contributed by atoms with van der Waals surface area (Å²) in [7, 11) is -3.46. The van der Waals surface area contributed by atoms with Gasteiger partial charge in [0.15, 0.2) is 0 Å². The van der Waals surface area contributed by atoms with Crippen molar-refractivity contribution in [2.45, 2.75) is 31.1 Å². The van der Waals surface area contributed by atoms with Gasteiger partial charge in [-0.3, -0.25) is 0 Å². The molecule has 0 amide bonds. The van der Waals surface area contributed by atoms with Crippen LogP contribution in [-0.4, -0.2) is 8.42 Å². The van der Waals surface area contributed by atoms with E-state index in [1.54, 1.807) is 0 Å². The van der Waals surface area contributed by atoms with Crippen molar-refractivity contribution in [3.63, 3.8) is 0 Å². The molecule has 2 aromatic carbocycles. The Kier molecular flexibility index (Phi) is 4.27. The highest BCUT2D eigenvalue weighted by molar-refractivity contribution is 7.88. The molecule has 0 unspecified atom stereocenters. The lowest BCUT2D eigenvalue weighted by atomic mass is 9.88. The fourth-order valence-electron chi connectivity index (χ4n) is 2.93. The van der Waals surface area contributed by atoms with Gasteiger partial charge in [0, 0.05) is 6.04 Å². The maximum absolute atomic E-state index is 12.9. The van der Waals surface area contributed by atoms with Gasteiger partial charge in [0.1, 0.15) is 5.82 Å². The van der Waals surface area contributed by atoms with E-state index in [1.165, 1.54) is 29.8 Å². The minimum absolute atomic E-state index is 0.133. The van der Waals surface area contributed by atoms with Gasteiger partial charge >= 0.3 is 0 Å². The summed E-state index contributed by atoms with van der Waals surface area (Å²) in [5.74, 6) is -0.498. The monoisotopic (exact) mass is 319 g/mol. The Labute approximate surface area is 130 Å². The van der Waals surface area contributed by atoms with Gasteiger partial charge in [-0.15, -0.1) is 0 Å². The summed E-state index contributed by atoms with van der Waals surface area (Å²) < 4.78 is 40.4. The molecule has 0 bridgehead atoms. The highest BCUT2D eigenvalue weighted by Gasteiger charge is 2.24.